The van der Waals surface area contributed by atoms with Crippen LogP contribution in [0.15, 0.2) is 17.0 Å². The molecule has 122 valence electrons. The normalized spacial score (nSPS) is 29.0. The molecule has 0 radical (unpaired) electrons. The molecule has 1 aromatic rings. The summed E-state index contributed by atoms with van der Waals surface area (Å²) >= 11 is 0. The van der Waals surface area contributed by atoms with Crippen molar-refractivity contribution in [1.29, 1.82) is 0 Å². The third-order valence-corrected chi connectivity index (χ3v) is 7.51. The predicted molar refractivity (Wildman–Crippen MR) is 89.4 cm³/mol. The van der Waals surface area contributed by atoms with E-state index in [2.05, 4.69) is 4.72 Å². The van der Waals surface area contributed by atoms with E-state index < -0.39 is 10.0 Å². The highest BCUT2D eigenvalue weighted by atomic mass is 32.2. The van der Waals surface area contributed by atoms with Crippen LogP contribution in [0.2, 0.25) is 0 Å². The van der Waals surface area contributed by atoms with Gasteiger partial charge in [-0.1, -0.05) is 24.1 Å². The lowest BCUT2D eigenvalue weighted by atomic mass is 9.84. The Hall–Kier alpha value is -0.870. The van der Waals surface area contributed by atoms with Gasteiger partial charge in [0, 0.05) is 6.04 Å². The van der Waals surface area contributed by atoms with Gasteiger partial charge in [-0.25, -0.2) is 13.1 Å². The Balaban J connectivity index is 1.82. The molecule has 2 aliphatic rings. The molecule has 0 aliphatic heterocycles. The third-order valence-electron chi connectivity index (χ3n) is 5.65. The minimum absolute atomic E-state index is 0.0282. The lowest BCUT2D eigenvalue weighted by Gasteiger charge is -2.28. The minimum atomic E-state index is -3.44. The highest BCUT2D eigenvalue weighted by Gasteiger charge is 2.42. The van der Waals surface area contributed by atoms with Crippen LogP contribution in [0.25, 0.3) is 0 Å². The molecule has 3 rings (SSSR count). The molecule has 0 aromatic heterocycles. The summed E-state index contributed by atoms with van der Waals surface area (Å²) in [6.07, 6.45) is 5.13. The van der Waals surface area contributed by atoms with E-state index in [0.717, 1.165) is 28.5 Å². The van der Waals surface area contributed by atoms with Gasteiger partial charge in [0.15, 0.2) is 0 Å². The molecular weight excluding hydrogens is 294 g/mol. The van der Waals surface area contributed by atoms with Gasteiger partial charge in [-0.05, 0) is 75.8 Å². The van der Waals surface area contributed by atoms with Crippen LogP contribution < -0.4 is 4.72 Å². The fourth-order valence-electron chi connectivity index (χ4n) is 4.89. The Morgan fingerprint density at radius 3 is 2.23 bits per heavy atom. The standard InChI is InChI=1S/C18H27NO2S/c1-11-7-12(2)18(13(3)8-11)22(20,21)19-14(4)17-10-15-5-6-16(17)9-15/h7-8,14-17,19H,5-6,9-10H2,1-4H3. The largest absolute Gasteiger partial charge is 0.241 e. The van der Waals surface area contributed by atoms with Gasteiger partial charge in [0.1, 0.15) is 0 Å². The summed E-state index contributed by atoms with van der Waals surface area (Å²) < 4.78 is 28.7. The Morgan fingerprint density at radius 2 is 1.73 bits per heavy atom. The summed E-state index contributed by atoms with van der Waals surface area (Å²) in [7, 11) is -3.44. The molecule has 4 atom stereocenters. The van der Waals surface area contributed by atoms with E-state index in [-0.39, 0.29) is 6.04 Å². The van der Waals surface area contributed by atoms with E-state index >= 15 is 0 Å². The number of nitrogens with one attached hydrogen (secondary N) is 1. The van der Waals surface area contributed by atoms with Gasteiger partial charge < -0.3 is 0 Å². The molecule has 2 fully saturated rings. The molecule has 1 aromatic carbocycles. The second-order valence-electron chi connectivity index (χ2n) is 7.48. The van der Waals surface area contributed by atoms with Crippen molar-refractivity contribution in [3.63, 3.8) is 0 Å². The highest BCUT2D eigenvalue weighted by molar-refractivity contribution is 7.89. The van der Waals surface area contributed by atoms with Gasteiger partial charge in [-0.3, -0.25) is 0 Å². The van der Waals surface area contributed by atoms with E-state index in [1.807, 2.05) is 39.8 Å². The summed E-state index contributed by atoms with van der Waals surface area (Å²) in [5.74, 6) is 2.08. The molecule has 0 amide bonds. The first-order valence-electron chi connectivity index (χ1n) is 8.38. The molecular formula is C18H27NO2S. The van der Waals surface area contributed by atoms with E-state index in [0.29, 0.717) is 10.8 Å². The van der Waals surface area contributed by atoms with Gasteiger partial charge in [0.25, 0.3) is 0 Å². The topological polar surface area (TPSA) is 46.2 Å². The molecule has 0 saturated heterocycles. The van der Waals surface area contributed by atoms with Gasteiger partial charge in [0.05, 0.1) is 4.90 Å². The number of hydrogen-bond acceptors (Lipinski definition) is 2. The Labute approximate surface area is 134 Å². The van der Waals surface area contributed by atoms with E-state index in [4.69, 9.17) is 0 Å². The first-order chi connectivity index (χ1) is 10.3. The maximum Gasteiger partial charge on any atom is 0.241 e. The minimum Gasteiger partial charge on any atom is -0.208 e. The zero-order valence-corrected chi connectivity index (χ0v) is 14.8. The number of rotatable bonds is 4. The van der Waals surface area contributed by atoms with Gasteiger partial charge >= 0.3 is 0 Å². The van der Waals surface area contributed by atoms with Gasteiger partial charge in [-0.2, -0.15) is 0 Å². The third kappa shape index (κ3) is 2.83. The smallest absolute Gasteiger partial charge is 0.208 e. The van der Waals surface area contributed by atoms with Crippen molar-refractivity contribution in [2.75, 3.05) is 0 Å². The average molecular weight is 321 g/mol. The highest BCUT2D eigenvalue weighted by Crippen LogP contribution is 2.49. The van der Waals surface area contributed by atoms with Crippen molar-refractivity contribution in [1.82, 2.24) is 4.72 Å². The first kappa shape index (κ1) is 16.0. The number of aryl methyl sites for hydroxylation is 3. The quantitative estimate of drug-likeness (QED) is 0.919. The van der Waals surface area contributed by atoms with Crippen molar-refractivity contribution in [3.05, 3.63) is 28.8 Å². The van der Waals surface area contributed by atoms with E-state index in [1.165, 1.54) is 25.7 Å². The van der Waals surface area contributed by atoms with Crippen molar-refractivity contribution in [2.24, 2.45) is 17.8 Å². The summed E-state index contributed by atoms with van der Waals surface area (Å²) in [6, 6.07) is 3.92. The summed E-state index contributed by atoms with van der Waals surface area (Å²) in [6.45, 7) is 7.82. The zero-order valence-electron chi connectivity index (χ0n) is 14.0. The van der Waals surface area contributed by atoms with Crippen LogP contribution in [0, 0.1) is 38.5 Å². The first-order valence-corrected chi connectivity index (χ1v) is 9.86. The molecule has 2 bridgehead atoms. The zero-order chi connectivity index (χ0) is 16.1. The van der Waals surface area contributed by atoms with Crippen molar-refractivity contribution < 1.29 is 8.42 Å². The Kier molecular flexibility index (Phi) is 4.11. The van der Waals surface area contributed by atoms with Crippen molar-refractivity contribution in [2.45, 2.75) is 64.3 Å². The number of benzene rings is 1. The molecule has 0 spiro atoms. The molecule has 22 heavy (non-hydrogen) atoms. The number of hydrogen-bond donors (Lipinski definition) is 1. The number of fused-ring (bicyclic) bond motifs is 2. The predicted octanol–water partition coefficient (Wildman–Crippen LogP) is 3.71. The van der Waals surface area contributed by atoms with Crippen LogP contribution >= 0.6 is 0 Å². The fraction of sp³-hybridized carbons (Fsp3) is 0.667. The molecule has 3 nitrogen and oxygen atoms in total. The van der Waals surface area contributed by atoms with Crippen LogP contribution in [0.1, 0.15) is 49.3 Å². The average Bonchev–Trinajstić information content (AvgIpc) is 2.98. The summed E-state index contributed by atoms with van der Waals surface area (Å²) in [5, 5.41) is 0. The second kappa shape index (κ2) is 5.64. The molecule has 2 aliphatic carbocycles. The second-order valence-corrected chi connectivity index (χ2v) is 9.13. The van der Waals surface area contributed by atoms with Crippen molar-refractivity contribution >= 4 is 10.0 Å². The van der Waals surface area contributed by atoms with Crippen LogP contribution in [-0.4, -0.2) is 14.5 Å². The lowest BCUT2D eigenvalue weighted by molar-refractivity contribution is 0.280. The van der Waals surface area contributed by atoms with Crippen LogP contribution in [-0.2, 0) is 10.0 Å². The molecule has 4 heteroatoms. The Morgan fingerprint density at radius 1 is 1.09 bits per heavy atom. The molecule has 0 heterocycles. The van der Waals surface area contributed by atoms with Gasteiger partial charge in [-0.15, -0.1) is 0 Å². The monoisotopic (exact) mass is 321 g/mol. The summed E-state index contributed by atoms with van der Waals surface area (Å²) in [4.78, 5) is 0.466. The van der Waals surface area contributed by atoms with Crippen LogP contribution in [0.4, 0.5) is 0 Å². The maximum atomic E-state index is 12.8. The molecule has 2 saturated carbocycles. The molecule has 4 unspecified atom stereocenters. The Bertz CT molecular complexity index is 657. The van der Waals surface area contributed by atoms with Crippen LogP contribution in [0.5, 0.6) is 0 Å². The summed E-state index contributed by atoms with van der Waals surface area (Å²) in [5.41, 5.74) is 2.78. The van der Waals surface area contributed by atoms with E-state index in [9.17, 15) is 8.42 Å². The van der Waals surface area contributed by atoms with E-state index in [1.54, 1.807) is 0 Å². The van der Waals surface area contributed by atoms with Crippen molar-refractivity contribution in [3.8, 4) is 0 Å². The SMILES string of the molecule is Cc1cc(C)c(S(=O)(=O)NC(C)C2CC3CCC2C3)c(C)c1. The van der Waals surface area contributed by atoms with Gasteiger partial charge in [0.2, 0.25) is 10.0 Å². The fourth-order valence-corrected chi connectivity index (χ4v) is 6.64. The lowest BCUT2D eigenvalue weighted by Crippen LogP contribution is -2.40. The number of sulfonamides is 1. The molecule has 1 N–H and O–H groups in total. The van der Waals surface area contributed by atoms with Crippen LogP contribution in [0.3, 0.4) is 0 Å². The maximum absolute atomic E-state index is 12.8.